The van der Waals surface area contributed by atoms with Gasteiger partial charge >= 0.3 is 18.0 Å². The number of aliphatic carboxylic acids is 1. The van der Waals surface area contributed by atoms with Crippen molar-refractivity contribution in [1.29, 1.82) is 0 Å². The van der Waals surface area contributed by atoms with E-state index in [0.717, 1.165) is 10.5 Å². The molecule has 7 nitrogen and oxygen atoms in total. The van der Waals surface area contributed by atoms with E-state index in [9.17, 15) is 19.5 Å². The average molecular weight is 292 g/mol. The van der Waals surface area contributed by atoms with E-state index in [2.05, 4.69) is 10.1 Å². The van der Waals surface area contributed by atoms with Crippen LogP contribution in [0.1, 0.15) is 12.5 Å². The summed E-state index contributed by atoms with van der Waals surface area (Å²) >= 11 is 0. The number of hydrogen-bond donors (Lipinski definition) is 2. The lowest BCUT2D eigenvalue weighted by Gasteiger charge is -2.24. The lowest BCUT2D eigenvalue weighted by Crippen LogP contribution is -2.51. The maximum Gasteiger partial charge on any atom is 0.328 e. The quantitative estimate of drug-likeness (QED) is 0.802. The molecule has 112 valence electrons. The molecule has 1 aliphatic rings. The lowest BCUT2D eigenvalue weighted by atomic mass is 10.1. The highest BCUT2D eigenvalue weighted by Crippen LogP contribution is 2.32. The van der Waals surface area contributed by atoms with Crippen molar-refractivity contribution in [2.45, 2.75) is 25.4 Å². The Morgan fingerprint density at radius 1 is 1.38 bits per heavy atom. The van der Waals surface area contributed by atoms with Crippen LogP contribution < -0.4 is 10.2 Å². The molecule has 0 radical (unpaired) electrons. The van der Waals surface area contributed by atoms with Crippen LogP contribution in [0.2, 0.25) is 0 Å². The number of hydrogen-bond acceptors (Lipinski definition) is 4. The molecule has 2 atom stereocenters. The molecule has 0 aliphatic carbocycles. The molecule has 0 saturated heterocycles. The van der Waals surface area contributed by atoms with Crippen LogP contribution in [0.3, 0.4) is 0 Å². The second-order valence-electron chi connectivity index (χ2n) is 4.75. The molecule has 2 rings (SSSR count). The van der Waals surface area contributed by atoms with E-state index in [1.165, 1.54) is 14.0 Å². The minimum atomic E-state index is -1.09. The van der Waals surface area contributed by atoms with Crippen molar-refractivity contribution in [2.75, 3.05) is 12.0 Å². The van der Waals surface area contributed by atoms with Gasteiger partial charge in [-0.25, -0.2) is 14.4 Å². The zero-order chi connectivity index (χ0) is 15.6. The van der Waals surface area contributed by atoms with E-state index in [4.69, 9.17) is 0 Å². The normalized spacial score (nSPS) is 17.8. The first kappa shape index (κ1) is 14.8. The van der Waals surface area contributed by atoms with Gasteiger partial charge in [0, 0.05) is 12.1 Å². The first-order valence-corrected chi connectivity index (χ1v) is 6.44. The van der Waals surface area contributed by atoms with Gasteiger partial charge in [-0.05, 0) is 18.6 Å². The van der Waals surface area contributed by atoms with Gasteiger partial charge in [-0.15, -0.1) is 0 Å². The number of nitrogens with zero attached hydrogens (tertiary/aromatic N) is 1. The Morgan fingerprint density at radius 3 is 2.67 bits per heavy atom. The number of esters is 1. The van der Waals surface area contributed by atoms with Gasteiger partial charge in [0.15, 0.2) is 0 Å². The van der Waals surface area contributed by atoms with Crippen molar-refractivity contribution >= 4 is 23.7 Å². The van der Waals surface area contributed by atoms with Crippen molar-refractivity contribution in [3.63, 3.8) is 0 Å². The monoisotopic (exact) mass is 292 g/mol. The fraction of sp³-hybridized carbons (Fsp3) is 0.357. The van der Waals surface area contributed by atoms with Gasteiger partial charge < -0.3 is 15.2 Å². The van der Waals surface area contributed by atoms with E-state index in [1.807, 2.05) is 0 Å². The summed E-state index contributed by atoms with van der Waals surface area (Å²) in [5, 5.41) is 11.7. The highest BCUT2D eigenvalue weighted by Gasteiger charge is 2.39. The van der Waals surface area contributed by atoms with Gasteiger partial charge in [0.2, 0.25) is 0 Å². The zero-order valence-corrected chi connectivity index (χ0v) is 11.7. The number of nitrogens with one attached hydrogen (secondary N) is 1. The van der Waals surface area contributed by atoms with Gasteiger partial charge in [0.05, 0.1) is 7.11 Å². The number of rotatable bonds is 3. The Balaban J connectivity index is 2.24. The van der Waals surface area contributed by atoms with Crippen molar-refractivity contribution in [1.82, 2.24) is 5.32 Å². The van der Waals surface area contributed by atoms with Crippen molar-refractivity contribution < 1.29 is 24.2 Å². The number of fused-ring (bicyclic) bond motifs is 1. The molecule has 0 saturated carbocycles. The topological polar surface area (TPSA) is 95.9 Å². The third-order valence-electron chi connectivity index (χ3n) is 3.37. The van der Waals surface area contributed by atoms with Crippen LogP contribution in [-0.4, -0.2) is 42.3 Å². The summed E-state index contributed by atoms with van der Waals surface area (Å²) < 4.78 is 4.53. The molecule has 0 bridgehead atoms. The SMILES string of the molecule is COC(=O)C(C)NC(=O)N1c2ccccc2C[C@H]1C(=O)O. The van der Waals surface area contributed by atoms with Gasteiger partial charge in [0.25, 0.3) is 0 Å². The van der Waals surface area contributed by atoms with E-state index in [-0.39, 0.29) is 6.42 Å². The van der Waals surface area contributed by atoms with E-state index in [1.54, 1.807) is 24.3 Å². The molecule has 0 fully saturated rings. The molecule has 2 N–H and O–H groups in total. The Bertz CT molecular complexity index is 586. The smallest absolute Gasteiger partial charge is 0.328 e. The second kappa shape index (κ2) is 5.82. The Labute approximate surface area is 121 Å². The maximum absolute atomic E-state index is 12.3. The largest absolute Gasteiger partial charge is 0.480 e. The van der Waals surface area contributed by atoms with Crippen molar-refractivity contribution in [3.05, 3.63) is 29.8 Å². The Kier molecular flexibility index (Phi) is 4.11. The predicted molar refractivity (Wildman–Crippen MR) is 74.1 cm³/mol. The Morgan fingerprint density at radius 2 is 2.05 bits per heavy atom. The molecule has 0 aromatic heterocycles. The van der Waals surface area contributed by atoms with E-state index >= 15 is 0 Å². The van der Waals surface area contributed by atoms with Crippen LogP contribution in [0.4, 0.5) is 10.5 Å². The number of anilines is 1. The second-order valence-corrected chi connectivity index (χ2v) is 4.75. The summed E-state index contributed by atoms with van der Waals surface area (Å²) in [5.74, 6) is -1.69. The molecule has 1 aliphatic heterocycles. The molecular formula is C14H16N2O5. The van der Waals surface area contributed by atoms with Crippen LogP contribution in [0.25, 0.3) is 0 Å². The fourth-order valence-electron chi connectivity index (χ4n) is 2.33. The number of carbonyl (C=O) groups is 3. The predicted octanol–water partition coefficient (Wildman–Crippen LogP) is 0.773. The molecule has 0 spiro atoms. The first-order chi connectivity index (χ1) is 9.95. The highest BCUT2D eigenvalue weighted by atomic mass is 16.5. The molecule has 21 heavy (non-hydrogen) atoms. The zero-order valence-electron chi connectivity index (χ0n) is 11.7. The third kappa shape index (κ3) is 2.81. The van der Waals surface area contributed by atoms with Crippen LogP contribution >= 0.6 is 0 Å². The summed E-state index contributed by atoms with van der Waals surface area (Å²) in [4.78, 5) is 36.2. The number of carboxylic acids is 1. The molecule has 1 aromatic rings. The van der Waals surface area contributed by atoms with Crippen molar-refractivity contribution in [2.24, 2.45) is 0 Å². The molecule has 1 heterocycles. The lowest BCUT2D eigenvalue weighted by molar-refractivity contribution is -0.142. The standard InChI is InChI=1S/C14H16N2O5/c1-8(13(19)21-2)15-14(20)16-10-6-4-3-5-9(10)7-11(16)12(17)18/h3-6,8,11H,7H2,1-2H3,(H,15,20)(H,17,18)/t8?,11-/m0/s1. The Hall–Kier alpha value is -2.57. The summed E-state index contributed by atoms with van der Waals surface area (Å²) in [6.07, 6.45) is 0.242. The number of methoxy groups -OCH3 is 1. The minimum absolute atomic E-state index is 0.242. The van der Waals surface area contributed by atoms with Crippen LogP contribution in [-0.2, 0) is 20.7 Å². The van der Waals surface area contributed by atoms with E-state index in [0.29, 0.717) is 5.69 Å². The van der Waals surface area contributed by atoms with Crippen LogP contribution in [0.5, 0.6) is 0 Å². The van der Waals surface area contributed by atoms with Crippen LogP contribution in [0.15, 0.2) is 24.3 Å². The number of benzene rings is 1. The minimum Gasteiger partial charge on any atom is -0.480 e. The summed E-state index contributed by atoms with van der Waals surface area (Å²) in [6.45, 7) is 1.47. The summed E-state index contributed by atoms with van der Waals surface area (Å²) in [7, 11) is 1.22. The highest BCUT2D eigenvalue weighted by molar-refractivity contribution is 6.02. The van der Waals surface area contributed by atoms with Crippen molar-refractivity contribution in [3.8, 4) is 0 Å². The number of para-hydroxylation sites is 1. The summed E-state index contributed by atoms with van der Waals surface area (Å²) in [5.41, 5.74) is 1.32. The maximum atomic E-state index is 12.3. The number of urea groups is 1. The molecule has 1 aromatic carbocycles. The number of amides is 2. The molecule has 7 heteroatoms. The fourth-order valence-corrected chi connectivity index (χ4v) is 2.33. The summed E-state index contributed by atoms with van der Waals surface area (Å²) in [6, 6.07) is 4.51. The van der Waals surface area contributed by atoms with Gasteiger partial charge in [-0.2, -0.15) is 0 Å². The molecular weight excluding hydrogens is 276 g/mol. The number of carboxylic acid groups (broad SMARTS) is 1. The van der Waals surface area contributed by atoms with Gasteiger partial charge in [-0.1, -0.05) is 18.2 Å². The number of ether oxygens (including phenoxy) is 1. The van der Waals surface area contributed by atoms with Crippen LogP contribution in [0, 0.1) is 0 Å². The molecule has 1 unspecified atom stereocenters. The average Bonchev–Trinajstić information content (AvgIpc) is 2.85. The molecule has 2 amide bonds. The van der Waals surface area contributed by atoms with Gasteiger partial charge in [-0.3, -0.25) is 4.90 Å². The first-order valence-electron chi connectivity index (χ1n) is 6.44. The van der Waals surface area contributed by atoms with E-state index < -0.39 is 30.1 Å². The number of carbonyl (C=O) groups excluding carboxylic acids is 2. The van der Waals surface area contributed by atoms with Gasteiger partial charge in [0.1, 0.15) is 12.1 Å². The third-order valence-corrected chi connectivity index (χ3v) is 3.37.